The molecule has 0 spiro atoms. The van der Waals surface area contributed by atoms with Gasteiger partial charge < -0.3 is 31.0 Å². The Labute approximate surface area is 232 Å². The standard InChI is InChI=1S/C28H36N6O6/c1-16(2)23-28-33-21(15-40-28)24(36)29-13-7-6-10-18(31-26(38)19-11-12-22(35)30-19)25(37)32-20(27(39)34-23)14-17-8-4-3-5-9-17/h3-5,8-9,15-16,18-20,23H,6-7,10-14H2,1-2H3,(H,29,36)(H,30,35)(H,31,38)(H,32,37)(H,34,39)/t18-,19-,20-,23-/m0/s1. The van der Waals surface area contributed by atoms with Crippen LogP contribution in [0.1, 0.15) is 73.9 Å². The van der Waals surface area contributed by atoms with Gasteiger partial charge in [-0.3, -0.25) is 24.0 Å². The van der Waals surface area contributed by atoms with E-state index in [4.69, 9.17) is 4.42 Å². The minimum Gasteiger partial charge on any atom is -0.446 e. The van der Waals surface area contributed by atoms with Gasteiger partial charge >= 0.3 is 0 Å². The largest absolute Gasteiger partial charge is 0.446 e. The third-order valence-electron chi connectivity index (χ3n) is 7.05. The number of fused-ring (bicyclic) bond motifs is 2. The van der Waals surface area contributed by atoms with E-state index < -0.39 is 47.8 Å². The van der Waals surface area contributed by atoms with Gasteiger partial charge in [-0.2, -0.15) is 0 Å². The van der Waals surface area contributed by atoms with Crippen LogP contribution < -0.4 is 26.6 Å². The Balaban J connectivity index is 1.60. The van der Waals surface area contributed by atoms with Gasteiger partial charge in [-0.05, 0) is 37.2 Å². The zero-order chi connectivity index (χ0) is 28.6. The van der Waals surface area contributed by atoms with Crippen molar-refractivity contribution in [2.45, 2.75) is 76.5 Å². The number of amides is 5. The predicted octanol–water partition coefficient (Wildman–Crippen LogP) is 0.893. The van der Waals surface area contributed by atoms with Gasteiger partial charge in [0.25, 0.3) is 5.91 Å². The Hall–Kier alpha value is -4.22. The summed E-state index contributed by atoms with van der Waals surface area (Å²) in [5.74, 6) is -1.98. The lowest BCUT2D eigenvalue weighted by Gasteiger charge is -2.26. The summed E-state index contributed by atoms with van der Waals surface area (Å²) < 4.78 is 5.57. The Morgan fingerprint density at radius 3 is 2.50 bits per heavy atom. The Morgan fingerprint density at radius 1 is 1.02 bits per heavy atom. The molecular formula is C28H36N6O6. The van der Waals surface area contributed by atoms with Gasteiger partial charge in [0.15, 0.2) is 5.69 Å². The van der Waals surface area contributed by atoms with Crippen LogP contribution >= 0.6 is 0 Å². The fourth-order valence-corrected chi connectivity index (χ4v) is 4.75. The summed E-state index contributed by atoms with van der Waals surface area (Å²) in [7, 11) is 0. The van der Waals surface area contributed by atoms with Gasteiger partial charge in [0, 0.05) is 19.4 Å². The van der Waals surface area contributed by atoms with E-state index in [-0.39, 0.29) is 42.7 Å². The highest BCUT2D eigenvalue weighted by Crippen LogP contribution is 2.22. The van der Waals surface area contributed by atoms with Gasteiger partial charge in [0.1, 0.15) is 30.4 Å². The van der Waals surface area contributed by atoms with Crippen LogP contribution in [0.25, 0.3) is 0 Å². The zero-order valence-corrected chi connectivity index (χ0v) is 22.7. The van der Waals surface area contributed by atoms with Crippen molar-refractivity contribution in [2.75, 3.05) is 6.54 Å². The molecule has 5 N–H and O–H groups in total. The molecule has 12 heteroatoms. The molecule has 1 aromatic heterocycles. The molecule has 2 aromatic rings. The fourth-order valence-electron chi connectivity index (χ4n) is 4.75. The van der Waals surface area contributed by atoms with Crippen molar-refractivity contribution in [3.05, 3.63) is 53.7 Å². The summed E-state index contributed by atoms with van der Waals surface area (Å²) in [6.45, 7) is 4.10. The third-order valence-corrected chi connectivity index (χ3v) is 7.05. The molecule has 0 saturated carbocycles. The summed E-state index contributed by atoms with van der Waals surface area (Å²) in [6.07, 6.45) is 3.39. The van der Waals surface area contributed by atoms with Crippen LogP contribution in [0.4, 0.5) is 0 Å². The number of hydrogen-bond acceptors (Lipinski definition) is 7. The lowest BCUT2D eigenvalue weighted by molar-refractivity contribution is -0.133. The average molecular weight is 553 g/mol. The molecule has 214 valence electrons. The van der Waals surface area contributed by atoms with Crippen LogP contribution in [-0.4, -0.2) is 59.2 Å². The number of carbonyl (C=O) groups is 5. The third kappa shape index (κ3) is 7.45. The highest BCUT2D eigenvalue weighted by atomic mass is 16.3. The molecule has 4 atom stereocenters. The van der Waals surface area contributed by atoms with Crippen molar-refractivity contribution < 1.29 is 28.4 Å². The first-order valence-corrected chi connectivity index (χ1v) is 13.7. The SMILES string of the molecule is CC(C)[C@@H]1NC(=O)[C@H](Cc2ccccc2)NC(=O)[C@@H](NC(=O)[C@@H]2CCC(=O)N2)CCCCNC(=O)c2coc1n2. The number of hydrogen-bond donors (Lipinski definition) is 5. The number of oxazole rings is 1. The van der Waals surface area contributed by atoms with E-state index >= 15 is 0 Å². The second-order valence-corrected chi connectivity index (χ2v) is 10.5. The lowest BCUT2D eigenvalue weighted by atomic mass is 10.0. The normalized spacial score (nSPS) is 24.6. The van der Waals surface area contributed by atoms with Crippen molar-refractivity contribution in [1.82, 2.24) is 31.6 Å². The maximum Gasteiger partial charge on any atom is 0.273 e. The molecule has 12 nitrogen and oxygen atoms in total. The highest BCUT2D eigenvalue weighted by Gasteiger charge is 2.33. The van der Waals surface area contributed by atoms with Gasteiger partial charge in [0.2, 0.25) is 29.5 Å². The lowest BCUT2D eigenvalue weighted by Crippen LogP contribution is -2.56. The molecule has 0 aliphatic carbocycles. The fraction of sp³-hybridized carbons (Fsp3) is 0.500. The maximum absolute atomic E-state index is 13.6. The first-order valence-electron chi connectivity index (χ1n) is 13.7. The van der Waals surface area contributed by atoms with Gasteiger partial charge in [-0.1, -0.05) is 44.2 Å². The molecule has 2 aliphatic heterocycles. The number of nitrogens with one attached hydrogen (secondary N) is 5. The average Bonchev–Trinajstić information content (AvgIpc) is 3.59. The first-order chi connectivity index (χ1) is 19.2. The molecule has 0 unspecified atom stereocenters. The number of rotatable bonds is 5. The highest BCUT2D eigenvalue weighted by molar-refractivity contribution is 5.95. The molecule has 1 aromatic carbocycles. The van der Waals surface area contributed by atoms with Gasteiger partial charge in [-0.15, -0.1) is 0 Å². The summed E-state index contributed by atoms with van der Waals surface area (Å²) in [5.41, 5.74) is 0.947. The van der Waals surface area contributed by atoms with Gasteiger partial charge in [-0.25, -0.2) is 4.98 Å². The topological polar surface area (TPSA) is 172 Å². The number of nitrogens with zero attached hydrogens (tertiary/aromatic N) is 1. The van der Waals surface area contributed by atoms with Crippen LogP contribution in [0.15, 0.2) is 41.0 Å². The van der Waals surface area contributed by atoms with Crippen molar-refractivity contribution in [2.24, 2.45) is 5.92 Å². The number of carbonyl (C=O) groups excluding carboxylic acids is 5. The quantitative estimate of drug-likeness (QED) is 0.367. The molecule has 5 amide bonds. The minimum atomic E-state index is -0.965. The second kappa shape index (κ2) is 13.2. The van der Waals surface area contributed by atoms with E-state index in [0.29, 0.717) is 25.8 Å². The maximum atomic E-state index is 13.6. The summed E-state index contributed by atoms with van der Waals surface area (Å²) >= 11 is 0. The Morgan fingerprint density at radius 2 is 1.80 bits per heavy atom. The van der Waals surface area contributed by atoms with E-state index in [9.17, 15) is 24.0 Å². The summed E-state index contributed by atoms with van der Waals surface area (Å²) in [6, 6.07) is 6.01. The van der Waals surface area contributed by atoms with Crippen molar-refractivity contribution in [1.29, 1.82) is 0 Å². The van der Waals surface area contributed by atoms with E-state index in [0.717, 1.165) is 5.56 Å². The van der Waals surface area contributed by atoms with Crippen LogP contribution in [-0.2, 0) is 25.6 Å². The smallest absolute Gasteiger partial charge is 0.273 e. The number of benzene rings is 1. The van der Waals surface area contributed by atoms with Crippen LogP contribution in [0.5, 0.6) is 0 Å². The Kier molecular flexibility index (Phi) is 9.52. The predicted molar refractivity (Wildman–Crippen MR) is 144 cm³/mol. The molecule has 4 rings (SSSR count). The summed E-state index contributed by atoms with van der Waals surface area (Å²) in [5, 5.41) is 13.9. The van der Waals surface area contributed by atoms with E-state index in [2.05, 4.69) is 31.6 Å². The van der Waals surface area contributed by atoms with Crippen molar-refractivity contribution >= 4 is 29.5 Å². The second-order valence-electron chi connectivity index (χ2n) is 10.5. The monoisotopic (exact) mass is 552 g/mol. The summed E-state index contributed by atoms with van der Waals surface area (Å²) in [4.78, 5) is 68.5. The van der Waals surface area contributed by atoms with Crippen molar-refractivity contribution in [3.63, 3.8) is 0 Å². The van der Waals surface area contributed by atoms with Crippen LogP contribution in [0.3, 0.4) is 0 Å². The van der Waals surface area contributed by atoms with Crippen LogP contribution in [0, 0.1) is 5.92 Å². The molecule has 2 aliphatic rings. The van der Waals surface area contributed by atoms with E-state index in [1.165, 1.54) is 6.26 Å². The molecule has 1 fully saturated rings. The Bertz CT molecular complexity index is 1230. The molecular weight excluding hydrogens is 516 g/mol. The minimum absolute atomic E-state index is 0.111. The molecule has 40 heavy (non-hydrogen) atoms. The van der Waals surface area contributed by atoms with E-state index in [1.807, 2.05) is 44.2 Å². The first kappa shape index (κ1) is 28.8. The molecule has 3 heterocycles. The number of aromatic nitrogens is 1. The van der Waals surface area contributed by atoms with E-state index in [1.54, 1.807) is 0 Å². The van der Waals surface area contributed by atoms with Crippen molar-refractivity contribution in [3.8, 4) is 0 Å². The molecule has 2 bridgehead atoms. The van der Waals surface area contributed by atoms with Crippen LogP contribution in [0.2, 0.25) is 0 Å². The molecule has 0 radical (unpaired) electrons. The molecule has 1 saturated heterocycles. The zero-order valence-electron chi connectivity index (χ0n) is 22.7. The van der Waals surface area contributed by atoms with Gasteiger partial charge in [0.05, 0.1) is 0 Å².